The number of halogens is 1. The molecule has 6 rings (SSSR count). The van der Waals surface area contributed by atoms with Crippen molar-refractivity contribution in [3.05, 3.63) is 137 Å². The van der Waals surface area contributed by atoms with Crippen molar-refractivity contribution in [1.82, 2.24) is 4.57 Å². The Labute approximate surface area is 279 Å². The summed E-state index contributed by atoms with van der Waals surface area (Å²) in [5.41, 5.74) is 3.29. The van der Waals surface area contributed by atoms with Crippen molar-refractivity contribution in [1.29, 1.82) is 0 Å². The number of fused-ring (bicyclic) bond motifs is 2. The molecule has 0 radical (unpaired) electrons. The van der Waals surface area contributed by atoms with Gasteiger partial charge in [-0.05, 0) is 71.7 Å². The van der Waals surface area contributed by atoms with Crippen LogP contribution >= 0.6 is 27.3 Å². The number of hydrogen-bond acceptors (Lipinski definition) is 7. The van der Waals surface area contributed by atoms with Crippen molar-refractivity contribution < 1.29 is 19.0 Å². The lowest BCUT2D eigenvalue weighted by Crippen LogP contribution is -2.40. The first-order chi connectivity index (χ1) is 22.4. The molecule has 1 aliphatic heterocycles. The average molecular weight is 698 g/mol. The molecule has 4 aromatic carbocycles. The number of methoxy groups -OCH3 is 1. The van der Waals surface area contributed by atoms with Crippen molar-refractivity contribution in [2.45, 2.75) is 39.3 Å². The Bertz CT molecular complexity index is 2140. The fraction of sp³-hybridized carbons (Fsp3) is 0.216. The maximum atomic E-state index is 14.2. The van der Waals surface area contributed by atoms with E-state index in [1.807, 2.05) is 73.7 Å². The normalized spacial score (nSPS) is 14.6. The van der Waals surface area contributed by atoms with Crippen LogP contribution in [0.2, 0.25) is 0 Å². The Morgan fingerprint density at radius 1 is 1.02 bits per heavy atom. The highest BCUT2D eigenvalue weighted by molar-refractivity contribution is 9.10. The largest absolute Gasteiger partial charge is 0.496 e. The molecule has 46 heavy (non-hydrogen) atoms. The first kappa shape index (κ1) is 31.5. The Hall–Kier alpha value is -4.47. The molecule has 1 aliphatic rings. The molecule has 2 heterocycles. The second-order valence-corrected chi connectivity index (χ2v) is 12.7. The van der Waals surface area contributed by atoms with Crippen LogP contribution in [-0.2, 0) is 16.1 Å². The number of carbonyl (C=O) groups is 1. The minimum absolute atomic E-state index is 0.202. The van der Waals surface area contributed by atoms with Crippen molar-refractivity contribution in [3.8, 4) is 11.5 Å². The predicted octanol–water partition coefficient (Wildman–Crippen LogP) is 7.08. The maximum Gasteiger partial charge on any atom is 0.338 e. The van der Waals surface area contributed by atoms with Crippen LogP contribution in [0.1, 0.15) is 49.4 Å². The Balaban J connectivity index is 1.43. The number of carbonyl (C=O) groups excluding carboxylic acids is 1. The zero-order chi connectivity index (χ0) is 32.2. The Kier molecular flexibility index (Phi) is 9.51. The van der Waals surface area contributed by atoms with Gasteiger partial charge in [0.25, 0.3) is 5.56 Å². The number of benzene rings is 4. The van der Waals surface area contributed by atoms with Gasteiger partial charge in [0.15, 0.2) is 4.80 Å². The molecule has 7 nitrogen and oxygen atoms in total. The van der Waals surface area contributed by atoms with E-state index >= 15 is 0 Å². The molecule has 0 spiro atoms. The van der Waals surface area contributed by atoms with Gasteiger partial charge in [0.2, 0.25) is 0 Å². The van der Waals surface area contributed by atoms with Gasteiger partial charge in [0, 0.05) is 10.0 Å². The summed E-state index contributed by atoms with van der Waals surface area (Å²) in [5.74, 6) is 0.756. The minimum atomic E-state index is -0.776. The van der Waals surface area contributed by atoms with E-state index < -0.39 is 12.0 Å². The van der Waals surface area contributed by atoms with Crippen LogP contribution in [0.5, 0.6) is 11.5 Å². The first-order valence-electron chi connectivity index (χ1n) is 15.2. The highest BCUT2D eigenvalue weighted by Crippen LogP contribution is 2.38. The quantitative estimate of drug-likeness (QED) is 0.146. The molecule has 234 valence electrons. The fourth-order valence-corrected chi connectivity index (χ4v) is 7.16. The number of esters is 1. The number of thiazole rings is 1. The highest BCUT2D eigenvalue weighted by atomic mass is 79.9. The van der Waals surface area contributed by atoms with E-state index in [2.05, 4.69) is 40.2 Å². The van der Waals surface area contributed by atoms with Crippen LogP contribution < -0.4 is 24.4 Å². The smallest absolute Gasteiger partial charge is 0.338 e. The molecular weight excluding hydrogens is 664 g/mol. The summed E-state index contributed by atoms with van der Waals surface area (Å²) in [7, 11) is 1.58. The standard InChI is InChI=1S/C37H33BrN2O5S/c1-4-10-30-33(36(42)44-5-2)34(29-21-26(38)17-18-31(29)43-3)40-35(41)32(46-37(40)39-30)20-23-11-8-15-27(19-23)45-22-25-14-9-13-24-12-6-7-16-28(24)25/h6-9,11-21,34H,4-5,10,22H2,1-3H3/b32-20+/t34-/m0/s1. The zero-order valence-electron chi connectivity index (χ0n) is 25.8. The topological polar surface area (TPSA) is 79.1 Å². The molecule has 1 aromatic heterocycles. The van der Waals surface area contributed by atoms with Crippen molar-refractivity contribution in [2.75, 3.05) is 13.7 Å². The van der Waals surface area contributed by atoms with Crippen LogP contribution in [0, 0.1) is 0 Å². The van der Waals surface area contributed by atoms with Gasteiger partial charge >= 0.3 is 5.97 Å². The summed E-state index contributed by atoms with van der Waals surface area (Å²) in [4.78, 5) is 33.1. The molecule has 0 unspecified atom stereocenters. The maximum absolute atomic E-state index is 14.2. The van der Waals surface area contributed by atoms with Gasteiger partial charge in [-0.25, -0.2) is 9.79 Å². The second kappa shape index (κ2) is 13.9. The molecule has 0 saturated carbocycles. The van der Waals surface area contributed by atoms with Crippen LogP contribution in [0.15, 0.2) is 110 Å². The molecule has 0 saturated heterocycles. The minimum Gasteiger partial charge on any atom is -0.496 e. The van der Waals surface area contributed by atoms with Crippen LogP contribution in [0.25, 0.3) is 16.8 Å². The molecule has 1 atom stereocenters. The van der Waals surface area contributed by atoms with E-state index in [1.54, 1.807) is 18.6 Å². The van der Waals surface area contributed by atoms with E-state index in [9.17, 15) is 9.59 Å². The number of nitrogens with zero attached hydrogens (tertiary/aromatic N) is 2. The van der Waals surface area contributed by atoms with Gasteiger partial charge in [-0.1, -0.05) is 95.2 Å². The molecule has 0 N–H and O–H groups in total. The molecule has 9 heteroatoms. The van der Waals surface area contributed by atoms with Gasteiger partial charge in [0.05, 0.1) is 29.5 Å². The van der Waals surface area contributed by atoms with Crippen LogP contribution in [-0.4, -0.2) is 24.3 Å². The van der Waals surface area contributed by atoms with E-state index in [1.165, 1.54) is 16.7 Å². The Morgan fingerprint density at radius 2 is 1.83 bits per heavy atom. The molecule has 0 fully saturated rings. The summed E-state index contributed by atoms with van der Waals surface area (Å²) in [6.07, 6.45) is 3.17. The average Bonchev–Trinajstić information content (AvgIpc) is 3.37. The van der Waals surface area contributed by atoms with E-state index in [0.29, 0.717) is 50.7 Å². The fourth-order valence-electron chi connectivity index (χ4n) is 5.76. The van der Waals surface area contributed by atoms with E-state index in [4.69, 9.17) is 19.2 Å². The molecule has 0 aliphatic carbocycles. The van der Waals surface area contributed by atoms with E-state index in [-0.39, 0.29) is 12.2 Å². The van der Waals surface area contributed by atoms with Gasteiger partial charge < -0.3 is 14.2 Å². The van der Waals surface area contributed by atoms with Crippen LogP contribution in [0.3, 0.4) is 0 Å². The molecular formula is C37H33BrN2O5S. The number of allylic oxidation sites excluding steroid dienone is 1. The van der Waals surface area contributed by atoms with Crippen LogP contribution in [0.4, 0.5) is 0 Å². The van der Waals surface area contributed by atoms with Gasteiger partial charge in [-0.15, -0.1) is 0 Å². The summed E-state index contributed by atoms with van der Waals surface area (Å²) in [5, 5.41) is 2.32. The SMILES string of the molecule is CCCC1=C(C(=O)OCC)[C@H](c2cc(Br)ccc2OC)n2c(s/c(=C/c3cccc(OCc4cccc5ccccc45)c3)c2=O)=N1. The van der Waals surface area contributed by atoms with Crippen molar-refractivity contribution in [2.24, 2.45) is 4.99 Å². The third-order valence-electron chi connectivity index (χ3n) is 7.81. The Morgan fingerprint density at radius 3 is 2.63 bits per heavy atom. The second-order valence-electron chi connectivity index (χ2n) is 10.8. The lowest BCUT2D eigenvalue weighted by Gasteiger charge is -2.27. The lowest BCUT2D eigenvalue weighted by molar-refractivity contribution is -0.139. The summed E-state index contributed by atoms with van der Waals surface area (Å²) in [6.45, 7) is 4.41. The van der Waals surface area contributed by atoms with Gasteiger partial charge in [-0.3, -0.25) is 9.36 Å². The van der Waals surface area contributed by atoms with Gasteiger partial charge in [0.1, 0.15) is 24.1 Å². The lowest BCUT2D eigenvalue weighted by atomic mass is 9.93. The number of hydrogen-bond donors (Lipinski definition) is 0. The summed E-state index contributed by atoms with van der Waals surface area (Å²) in [6, 6.07) is 26.9. The zero-order valence-corrected chi connectivity index (χ0v) is 28.2. The van der Waals surface area contributed by atoms with Crippen molar-refractivity contribution in [3.63, 3.8) is 0 Å². The number of rotatable bonds is 10. The number of ether oxygens (including phenoxy) is 3. The van der Waals surface area contributed by atoms with E-state index in [0.717, 1.165) is 27.4 Å². The third-order valence-corrected chi connectivity index (χ3v) is 9.28. The first-order valence-corrected chi connectivity index (χ1v) is 16.8. The monoisotopic (exact) mass is 696 g/mol. The molecule has 5 aromatic rings. The summed E-state index contributed by atoms with van der Waals surface area (Å²) < 4.78 is 20.3. The molecule has 0 amide bonds. The third kappa shape index (κ3) is 6.30. The number of aromatic nitrogens is 1. The van der Waals surface area contributed by atoms with Gasteiger partial charge in [-0.2, -0.15) is 0 Å². The molecule has 0 bridgehead atoms. The predicted molar refractivity (Wildman–Crippen MR) is 185 cm³/mol. The van der Waals surface area contributed by atoms with Crippen molar-refractivity contribution >= 4 is 50.1 Å². The summed E-state index contributed by atoms with van der Waals surface area (Å²) >= 11 is 4.86. The highest BCUT2D eigenvalue weighted by Gasteiger charge is 2.36.